The van der Waals surface area contributed by atoms with E-state index >= 15 is 0 Å². The summed E-state index contributed by atoms with van der Waals surface area (Å²) in [6.45, 7) is 9.19. The average Bonchev–Trinajstić information content (AvgIpc) is 3.03. The number of ether oxygens (including phenoxy) is 2. The second-order valence-corrected chi connectivity index (χ2v) is 7.39. The Bertz CT molecular complexity index is 840. The van der Waals surface area contributed by atoms with Crippen molar-refractivity contribution in [2.75, 3.05) is 13.2 Å². The Morgan fingerprint density at radius 3 is 2.52 bits per heavy atom. The van der Waals surface area contributed by atoms with Gasteiger partial charge in [-0.1, -0.05) is 35.9 Å². The van der Waals surface area contributed by atoms with E-state index in [0.717, 1.165) is 28.2 Å². The van der Waals surface area contributed by atoms with Crippen molar-refractivity contribution in [2.45, 2.75) is 52.2 Å². The number of hydrogen-bond acceptors (Lipinski definition) is 5. The van der Waals surface area contributed by atoms with Crippen LogP contribution in [0.1, 0.15) is 43.4 Å². The molecule has 3 unspecified atom stereocenters. The predicted molar refractivity (Wildman–Crippen MR) is 114 cm³/mol. The number of amides is 1. The molecule has 0 spiro atoms. The Kier molecular flexibility index (Phi) is 7.12. The fraction of sp³-hybridized carbons (Fsp3) is 0.435. The van der Waals surface area contributed by atoms with Gasteiger partial charge in [0.25, 0.3) is 0 Å². The number of nitrogens with one attached hydrogen (secondary N) is 3. The standard InChI is InChI=1S/C23H31N3O3/c1-5-28-19-11-10-18(14-20(19)29-6-2)22-16(4)25-26-23(22)24-21(27)13-17-9-7-8-15(3)12-17/h7-12,14,16,22-23,25-26H,5-6,13H2,1-4H3,(H,24,27). The zero-order chi connectivity index (χ0) is 20.8. The van der Waals surface area contributed by atoms with Crippen LogP contribution in [0, 0.1) is 6.92 Å². The summed E-state index contributed by atoms with van der Waals surface area (Å²) in [6.07, 6.45) is 0.142. The van der Waals surface area contributed by atoms with Crippen molar-refractivity contribution in [1.82, 2.24) is 16.2 Å². The van der Waals surface area contributed by atoms with Gasteiger partial charge in [-0.05, 0) is 51.0 Å². The first kappa shape index (κ1) is 21.1. The van der Waals surface area contributed by atoms with E-state index in [-0.39, 0.29) is 24.0 Å². The third-order valence-corrected chi connectivity index (χ3v) is 5.08. The monoisotopic (exact) mass is 397 g/mol. The molecule has 1 aliphatic rings. The molecular weight excluding hydrogens is 366 g/mol. The third kappa shape index (κ3) is 5.28. The lowest BCUT2D eigenvalue weighted by atomic mass is 9.91. The summed E-state index contributed by atoms with van der Waals surface area (Å²) in [5, 5.41) is 3.13. The number of benzene rings is 2. The Labute approximate surface area is 173 Å². The zero-order valence-corrected chi connectivity index (χ0v) is 17.6. The third-order valence-electron chi connectivity index (χ3n) is 5.08. The van der Waals surface area contributed by atoms with Crippen LogP contribution in [0.4, 0.5) is 0 Å². The van der Waals surface area contributed by atoms with Gasteiger partial charge in [-0.15, -0.1) is 0 Å². The highest BCUT2D eigenvalue weighted by Gasteiger charge is 2.35. The number of carbonyl (C=O) groups excluding carboxylic acids is 1. The lowest BCUT2D eigenvalue weighted by Gasteiger charge is -2.24. The van der Waals surface area contributed by atoms with Gasteiger partial charge in [-0.25, -0.2) is 5.43 Å². The van der Waals surface area contributed by atoms with Crippen LogP contribution in [0.3, 0.4) is 0 Å². The van der Waals surface area contributed by atoms with E-state index in [2.05, 4.69) is 23.1 Å². The van der Waals surface area contributed by atoms with Crippen LogP contribution < -0.4 is 25.6 Å². The number of hydrazine groups is 1. The van der Waals surface area contributed by atoms with E-state index in [9.17, 15) is 4.79 Å². The highest BCUT2D eigenvalue weighted by atomic mass is 16.5. The molecule has 1 fully saturated rings. The van der Waals surface area contributed by atoms with Gasteiger partial charge in [0, 0.05) is 12.0 Å². The summed E-state index contributed by atoms with van der Waals surface area (Å²) in [7, 11) is 0. The van der Waals surface area contributed by atoms with Crippen molar-refractivity contribution in [1.29, 1.82) is 0 Å². The first-order chi connectivity index (χ1) is 14.0. The number of rotatable bonds is 8. The smallest absolute Gasteiger partial charge is 0.225 e. The van der Waals surface area contributed by atoms with E-state index < -0.39 is 0 Å². The molecule has 1 saturated heterocycles. The van der Waals surface area contributed by atoms with Crippen LogP contribution in [-0.2, 0) is 11.2 Å². The van der Waals surface area contributed by atoms with Gasteiger partial charge < -0.3 is 14.8 Å². The SMILES string of the molecule is CCOc1ccc(C2C(C)NNC2NC(=O)Cc2cccc(C)c2)cc1OCC. The van der Waals surface area contributed by atoms with E-state index in [0.29, 0.717) is 19.6 Å². The molecule has 0 saturated carbocycles. The van der Waals surface area contributed by atoms with Crippen LogP contribution in [-0.4, -0.2) is 31.3 Å². The molecule has 3 rings (SSSR count). The molecule has 6 heteroatoms. The molecule has 0 bridgehead atoms. The van der Waals surface area contributed by atoms with Crippen molar-refractivity contribution in [2.24, 2.45) is 0 Å². The average molecular weight is 398 g/mol. The second kappa shape index (κ2) is 9.76. The van der Waals surface area contributed by atoms with Crippen LogP contribution in [0.15, 0.2) is 42.5 Å². The molecule has 3 atom stereocenters. The molecule has 1 heterocycles. The van der Waals surface area contributed by atoms with Gasteiger partial charge in [0.15, 0.2) is 11.5 Å². The van der Waals surface area contributed by atoms with Gasteiger partial charge in [-0.2, -0.15) is 0 Å². The van der Waals surface area contributed by atoms with Gasteiger partial charge >= 0.3 is 0 Å². The summed E-state index contributed by atoms with van der Waals surface area (Å²) >= 11 is 0. The van der Waals surface area contributed by atoms with Crippen molar-refractivity contribution < 1.29 is 14.3 Å². The molecule has 2 aromatic carbocycles. The quantitative estimate of drug-likeness (QED) is 0.639. The fourth-order valence-corrected chi connectivity index (χ4v) is 3.80. The molecule has 0 radical (unpaired) electrons. The Morgan fingerprint density at radius 1 is 1.03 bits per heavy atom. The molecule has 1 aliphatic heterocycles. The van der Waals surface area contributed by atoms with Gasteiger partial charge in [0.1, 0.15) is 6.17 Å². The summed E-state index contributed by atoms with van der Waals surface area (Å²) in [4.78, 5) is 12.6. The predicted octanol–water partition coefficient (Wildman–Crippen LogP) is 3.06. The molecule has 1 amide bonds. The summed E-state index contributed by atoms with van der Waals surface area (Å²) in [5.41, 5.74) is 9.72. The number of carbonyl (C=O) groups is 1. The van der Waals surface area contributed by atoms with Crippen molar-refractivity contribution in [3.63, 3.8) is 0 Å². The van der Waals surface area contributed by atoms with E-state index in [1.54, 1.807) is 0 Å². The first-order valence-electron chi connectivity index (χ1n) is 10.3. The lowest BCUT2D eigenvalue weighted by Crippen LogP contribution is -2.46. The highest BCUT2D eigenvalue weighted by molar-refractivity contribution is 5.79. The fourth-order valence-electron chi connectivity index (χ4n) is 3.80. The minimum Gasteiger partial charge on any atom is -0.490 e. The molecule has 0 aromatic heterocycles. The Hall–Kier alpha value is -2.57. The molecule has 6 nitrogen and oxygen atoms in total. The van der Waals surface area contributed by atoms with E-state index in [4.69, 9.17) is 9.47 Å². The molecule has 0 aliphatic carbocycles. The molecular formula is C23H31N3O3. The first-order valence-corrected chi connectivity index (χ1v) is 10.3. The van der Waals surface area contributed by atoms with Crippen molar-refractivity contribution >= 4 is 5.91 Å². The van der Waals surface area contributed by atoms with Gasteiger partial charge in [-0.3, -0.25) is 10.2 Å². The summed E-state index contributed by atoms with van der Waals surface area (Å²) < 4.78 is 11.5. The minimum atomic E-state index is -0.213. The summed E-state index contributed by atoms with van der Waals surface area (Å²) in [6, 6.07) is 14.2. The van der Waals surface area contributed by atoms with Crippen LogP contribution in [0.2, 0.25) is 0 Å². The molecule has 29 heavy (non-hydrogen) atoms. The zero-order valence-electron chi connectivity index (χ0n) is 17.6. The van der Waals surface area contributed by atoms with Crippen LogP contribution in [0.5, 0.6) is 11.5 Å². The maximum Gasteiger partial charge on any atom is 0.225 e. The van der Waals surface area contributed by atoms with Crippen LogP contribution in [0.25, 0.3) is 0 Å². The molecule has 3 N–H and O–H groups in total. The van der Waals surface area contributed by atoms with E-state index in [1.807, 2.05) is 63.2 Å². The van der Waals surface area contributed by atoms with Crippen molar-refractivity contribution in [3.05, 3.63) is 59.2 Å². The highest BCUT2D eigenvalue weighted by Crippen LogP contribution is 2.34. The van der Waals surface area contributed by atoms with Crippen LogP contribution >= 0.6 is 0 Å². The maximum absolute atomic E-state index is 12.6. The normalized spacial score (nSPS) is 21.0. The van der Waals surface area contributed by atoms with Gasteiger partial charge in [0.2, 0.25) is 5.91 Å². The topological polar surface area (TPSA) is 71.6 Å². The minimum absolute atomic E-state index is 0.00929. The Morgan fingerprint density at radius 2 is 1.79 bits per heavy atom. The van der Waals surface area contributed by atoms with Crippen molar-refractivity contribution in [3.8, 4) is 11.5 Å². The second-order valence-electron chi connectivity index (χ2n) is 7.39. The lowest BCUT2D eigenvalue weighted by molar-refractivity contribution is -0.121. The summed E-state index contributed by atoms with van der Waals surface area (Å²) in [5.74, 6) is 1.52. The van der Waals surface area contributed by atoms with E-state index in [1.165, 1.54) is 0 Å². The molecule has 2 aromatic rings. The number of hydrogen-bond donors (Lipinski definition) is 3. The number of aryl methyl sites for hydroxylation is 1. The van der Waals surface area contributed by atoms with Gasteiger partial charge in [0.05, 0.1) is 19.6 Å². The molecule has 156 valence electrons. The Balaban J connectivity index is 1.75. The maximum atomic E-state index is 12.6. The largest absolute Gasteiger partial charge is 0.490 e.